The first kappa shape index (κ1) is 24.4. The molecule has 1 aromatic heterocycles. The molecule has 3 rings (SSSR count). The fourth-order valence-electron chi connectivity index (χ4n) is 4.24. The van der Waals surface area contributed by atoms with Crippen molar-refractivity contribution in [1.82, 2.24) is 15.2 Å². The SMILES string of the molecule is CN(C)[C@H](CNC(=O)CC(c1ccc(Cl)cn1)C1(C(C)(F)F)CC1)Cc1ccc(O)cc1. The molecule has 2 N–H and O–H groups in total. The van der Waals surface area contributed by atoms with E-state index in [2.05, 4.69) is 10.3 Å². The van der Waals surface area contributed by atoms with E-state index in [1.807, 2.05) is 31.1 Å². The molecule has 1 saturated carbocycles. The molecule has 1 unspecified atom stereocenters. The minimum absolute atomic E-state index is 0.0121. The number of likely N-dealkylation sites (N-methyl/N-ethyl adjacent to an activating group) is 1. The van der Waals surface area contributed by atoms with Gasteiger partial charge < -0.3 is 15.3 Å². The van der Waals surface area contributed by atoms with E-state index >= 15 is 0 Å². The number of aromatic nitrogens is 1. The summed E-state index contributed by atoms with van der Waals surface area (Å²) in [5.41, 5.74) is 0.247. The Morgan fingerprint density at radius 1 is 1.25 bits per heavy atom. The molecular formula is C24H30ClF2N3O2. The van der Waals surface area contributed by atoms with Gasteiger partial charge in [0.05, 0.1) is 5.02 Å². The lowest BCUT2D eigenvalue weighted by Crippen LogP contribution is -2.43. The highest BCUT2D eigenvalue weighted by Gasteiger charge is 2.64. The van der Waals surface area contributed by atoms with E-state index in [-0.39, 0.29) is 24.1 Å². The Balaban J connectivity index is 1.69. The van der Waals surface area contributed by atoms with Gasteiger partial charge in [0.2, 0.25) is 5.91 Å². The maximum atomic E-state index is 14.5. The van der Waals surface area contributed by atoms with Gasteiger partial charge in [-0.2, -0.15) is 0 Å². The van der Waals surface area contributed by atoms with Crippen LogP contribution in [-0.4, -0.2) is 53.5 Å². The molecule has 1 aromatic carbocycles. The minimum atomic E-state index is -2.91. The average Bonchev–Trinajstić information content (AvgIpc) is 3.53. The molecule has 1 aliphatic carbocycles. The molecule has 0 radical (unpaired) electrons. The summed E-state index contributed by atoms with van der Waals surface area (Å²) in [6, 6.07) is 10.2. The molecule has 5 nitrogen and oxygen atoms in total. The summed E-state index contributed by atoms with van der Waals surface area (Å²) in [5.74, 6) is -3.67. The van der Waals surface area contributed by atoms with Gasteiger partial charge in [0.15, 0.2) is 0 Å². The van der Waals surface area contributed by atoms with Crippen LogP contribution in [0.1, 0.15) is 43.4 Å². The van der Waals surface area contributed by atoms with E-state index in [0.29, 0.717) is 36.5 Å². The van der Waals surface area contributed by atoms with Crippen LogP contribution < -0.4 is 5.32 Å². The molecule has 0 saturated heterocycles. The fraction of sp³-hybridized carbons (Fsp3) is 0.500. The number of aromatic hydroxyl groups is 1. The Morgan fingerprint density at radius 3 is 2.41 bits per heavy atom. The van der Waals surface area contributed by atoms with Gasteiger partial charge in [-0.05, 0) is 70.1 Å². The van der Waals surface area contributed by atoms with E-state index in [1.54, 1.807) is 24.3 Å². The summed E-state index contributed by atoms with van der Waals surface area (Å²) in [7, 11) is 3.85. The average molecular weight is 466 g/mol. The van der Waals surface area contributed by atoms with Crippen molar-refractivity contribution in [3.8, 4) is 5.75 Å². The quantitative estimate of drug-likeness (QED) is 0.536. The Labute approximate surface area is 192 Å². The lowest BCUT2D eigenvalue weighted by molar-refractivity contribution is -0.124. The van der Waals surface area contributed by atoms with Gasteiger partial charge in [-0.25, -0.2) is 8.78 Å². The molecule has 8 heteroatoms. The minimum Gasteiger partial charge on any atom is -0.508 e. The van der Waals surface area contributed by atoms with E-state index in [1.165, 1.54) is 6.20 Å². The van der Waals surface area contributed by atoms with Crippen molar-refractivity contribution in [3.05, 3.63) is 58.9 Å². The van der Waals surface area contributed by atoms with Crippen LogP contribution in [0, 0.1) is 5.41 Å². The maximum Gasteiger partial charge on any atom is 0.251 e. The van der Waals surface area contributed by atoms with Gasteiger partial charge in [0, 0.05) is 42.2 Å². The highest BCUT2D eigenvalue weighted by molar-refractivity contribution is 6.30. The molecule has 1 fully saturated rings. The molecule has 1 aliphatic rings. The van der Waals surface area contributed by atoms with E-state index in [0.717, 1.165) is 12.5 Å². The monoisotopic (exact) mass is 465 g/mol. The summed E-state index contributed by atoms with van der Waals surface area (Å²) in [5, 5.41) is 12.8. The number of phenols is 1. The molecule has 174 valence electrons. The second kappa shape index (κ2) is 9.71. The third kappa shape index (κ3) is 5.75. The maximum absolute atomic E-state index is 14.5. The first-order valence-electron chi connectivity index (χ1n) is 10.7. The van der Waals surface area contributed by atoms with Crippen molar-refractivity contribution in [3.63, 3.8) is 0 Å². The van der Waals surface area contributed by atoms with Gasteiger partial charge in [0.25, 0.3) is 5.92 Å². The first-order chi connectivity index (χ1) is 15.0. The zero-order valence-corrected chi connectivity index (χ0v) is 19.4. The molecule has 2 aromatic rings. The Hall–Kier alpha value is -2.25. The van der Waals surface area contributed by atoms with E-state index < -0.39 is 17.3 Å². The van der Waals surface area contributed by atoms with Crippen molar-refractivity contribution < 1.29 is 18.7 Å². The number of hydrogen-bond donors (Lipinski definition) is 2. The lowest BCUT2D eigenvalue weighted by Gasteiger charge is -2.31. The summed E-state index contributed by atoms with van der Waals surface area (Å²) in [6.07, 6.45) is 2.77. The number of nitrogens with one attached hydrogen (secondary N) is 1. The molecule has 0 bridgehead atoms. The number of carbonyl (C=O) groups excluding carboxylic acids is 1. The smallest absolute Gasteiger partial charge is 0.251 e. The summed E-state index contributed by atoms with van der Waals surface area (Å²) < 4.78 is 29.0. The molecule has 0 spiro atoms. The number of rotatable bonds is 10. The highest BCUT2D eigenvalue weighted by Crippen LogP contribution is 2.65. The normalized spacial score (nSPS) is 17.1. The number of amides is 1. The Morgan fingerprint density at radius 2 is 1.91 bits per heavy atom. The largest absolute Gasteiger partial charge is 0.508 e. The topological polar surface area (TPSA) is 65.5 Å². The Bertz CT molecular complexity index is 910. The molecular weight excluding hydrogens is 436 g/mol. The Kier molecular flexibility index (Phi) is 7.40. The predicted octanol–water partition coefficient (Wildman–Crippen LogP) is 4.64. The number of nitrogens with zero attached hydrogens (tertiary/aromatic N) is 2. The molecule has 0 aliphatic heterocycles. The molecule has 1 heterocycles. The van der Waals surface area contributed by atoms with Gasteiger partial charge in [-0.15, -0.1) is 0 Å². The van der Waals surface area contributed by atoms with Crippen molar-refractivity contribution in [2.24, 2.45) is 5.41 Å². The van der Waals surface area contributed by atoms with Crippen LogP contribution in [0.15, 0.2) is 42.6 Å². The predicted molar refractivity (Wildman–Crippen MR) is 121 cm³/mol. The zero-order chi connectivity index (χ0) is 23.5. The van der Waals surface area contributed by atoms with Crippen LogP contribution in [0.25, 0.3) is 0 Å². The summed E-state index contributed by atoms with van der Waals surface area (Å²) in [6.45, 7) is 1.31. The number of halogens is 3. The second-order valence-corrected chi connectivity index (χ2v) is 9.43. The lowest BCUT2D eigenvalue weighted by atomic mass is 9.79. The number of hydrogen-bond acceptors (Lipinski definition) is 4. The standard InChI is InChI=1S/C24H30ClF2N3O2/c1-23(26,27)24(10-11-24)20(21-9-6-17(25)14-28-21)13-22(32)29-15-18(30(2)3)12-16-4-7-19(31)8-5-16/h4-9,14,18,20,31H,10-13,15H2,1-3H3,(H,29,32)/t18-,20?/m0/s1. The van der Waals surface area contributed by atoms with E-state index in [4.69, 9.17) is 11.6 Å². The van der Waals surface area contributed by atoms with Crippen molar-refractivity contribution in [2.75, 3.05) is 20.6 Å². The van der Waals surface area contributed by atoms with Crippen molar-refractivity contribution in [2.45, 2.75) is 50.5 Å². The summed E-state index contributed by atoms with van der Waals surface area (Å²) in [4.78, 5) is 19.1. The van der Waals surface area contributed by atoms with Crippen molar-refractivity contribution >= 4 is 17.5 Å². The summed E-state index contributed by atoms with van der Waals surface area (Å²) >= 11 is 5.92. The third-order valence-corrected chi connectivity index (χ3v) is 6.72. The van der Waals surface area contributed by atoms with Crippen LogP contribution >= 0.6 is 11.6 Å². The van der Waals surface area contributed by atoms with Gasteiger partial charge in [-0.3, -0.25) is 9.78 Å². The highest BCUT2D eigenvalue weighted by atomic mass is 35.5. The third-order valence-electron chi connectivity index (χ3n) is 6.50. The van der Waals surface area contributed by atoms with Crippen LogP contribution in [0.2, 0.25) is 5.02 Å². The molecule has 1 amide bonds. The van der Waals surface area contributed by atoms with Gasteiger partial charge in [0.1, 0.15) is 5.75 Å². The van der Waals surface area contributed by atoms with Crippen LogP contribution in [-0.2, 0) is 11.2 Å². The number of alkyl halides is 2. The number of carbonyl (C=O) groups is 1. The molecule has 2 atom stereocenters. The van der Waals surface area contributed by atoms with Crippen LogP contribution in [0.3, 0.4) is 0 Å². The fourth-order valence-corrected chi connectivity index (χ4v) is 4.35. The van der Waals surface area contributed by atoms with E-state index in [9.17, 15) is 18.7 Å². The number of phenolic OH excluding ortho intramolecular Hbond substituents is 1. The van der Waals surface area contributed by atoms with Gasteiger partial charge >= 0.3 is 0 Å². The van der Waals surface area contributed by atoms with Crippen molar-refractivity contribution in [1.29, 1.82) is 0 Å². The zero-order valence-electron chi connectivity index (χ0n) is 18.6. The van der Waals surface area contributed by atoms with Crippen LogP contribution in [0.5, 0.6) is 5.75 Å². The van der Waals surface area contributed by atoms with Gasteiger partial charge in [-0.1, -0.05) is 23.7 Å². The second-order valence-electron chi connectivity index (χ2n) is 8.99. The number of pyridine rings is 1. The first-order valence-corrected chi connectivity index (χ1v) is 11.1. The number of benzene rings is 1. The molecule has 32 heavy (non-hydrogen) atoms. The van der Waals surface area contributed by atoms with Crippen LogP contribution in [0.4, 0.5) is 8.78 Å².